The van der Waals surface area contributed by atoms with Crippen LogP contribution >= 0.6 is 0 Å². The predicted molar refractivity (Wildman–Crippen MR) is 125 cm³/mol. The van der Waals surface area contributed by atoms with E-state index in [2.05, 4.69) is 25.2 Å². The Morgan fingerprint density at radius 2 is 1.73 bits per heavy atom. The van der Waals surface area contributed by atoms with Gasteiger partial charge in [0.15, 0.2) is 0 Å². The number of fused-ring (bicyclic) bond motifs is 5. The van der Waals surface area contributed by atoms with Crippen LogP contribution in [0.25, 0.3) is 5.57 Å². The largest absolute Gasteiger partial charge is 0.496 e. The lowest BCUT2D eigenvalue weighted by Crippen LogP contribution is -2.60. The maximum Gasteiger partial charge on any atom is 0.307 e. The number of ether oxygens (including phenoxy) is 2. The average molecular weight is 454 g/mol. The van der Waals surface area contributed by atoms with Crippen LogP contribution in [-0.4, -0.2) is 37.2 Å². The lowest BCUT2D eigenvalue weighted by Gasteiger charge is -2.59. The summed E-state index contributed by atoms with van der Waals surface area (Å²) >= 11 is 0. The Labute approximate surface area is 195 Å². The number of benzene rings is 1. The zero-order valence-electron chi connectivity index (χ0n) is 20.0. The van der Waals surface area contributed by atoms with Crippen LogP contribution in [0.5, 0.6) is 11.5 Å². The maximum atomic E-state index is 13.3. The third kappa shape index (κ3) is 3.12. The molecule has 1 amide bonds. The molecule has 6 nitrogen and oxygen atoms in total. The van der Waals surface area contributed by atoms with Gasteiger partial charge in [0.25, 0.3) is 5.91 Å². The molecule has 7 atom stereocenters. The normalized spacial score (nSPS) is 39.5. The summed E-state index contributed by atoms with van der Waals surface area (Å²) in [4.78, 5) is 25.3. The van der Waals surface area contributed by atoms with Crippen molar-refractivity contribution in [1.29, 1.82) is 0 Å². The van der Waals surface area contributed by atoms with E-state index in [0.29, 0.717) is 40.4 Å². The summed E-state index contributed by atoms with van der Waals surface area (Å²) in [5, 5.41) is 13.2. The molecule has 3 aliphatic carbocycles. The molecule has 0 spiro atoms. The summed E-state index contributed by atoms with van der Waals surface area (Å²) in [6.07, 6.45) is 7.90. The number of aliphatic carboxylic acids is 1. The number of carboxylic acid groups (broad SMARTS) is 1. The van der Waals surface area contributed by atoms with E-state index >= 15 is 0 Å². The number of nitrogens with one attached hydrogen (secondary N) is 1. The summed E-state index contributed by atoms with van der Waals surface area (Å²) in [6, 6.07) is 5.68. The van der Waals surface area contributed by atoms with Crippen molar-refractivity contribution in [3.05, 3.63) is 29.8 Å². The van der Waals surface area contributed by atoms with Crippen LogP contribution in [0.1, 0.15) is 57.9 Å². The highest BCUT2D eigenvalue weighted by Crippen LogP contribution is 2.65. The lowest BCUT2D eigenvalue weighted by molar-refractivity contribution is -0.149. The highest BCUT2D eigenvalue weighted by molar-refractivity contribution is 6.22. The van der Waals surface area contributed by atoms with Gasteiger partial charge in [-0.25, -0.2) is 0 Å². The summed E-state index contributed by atoms with van der Waals surface area (Å²) in [5.74, 6) is 1.65. The molecule has 3 saturated carbocycles. The van der Waals surface area contributed by atoms with Crippen LogP contribution in [0.4, 0.5) is 0 Å². The molecule has 1 aromatic rings. The van der Waals surface area contributed by atoms with Gasteiger partial charge in [0, 0.05) is 11.5 Å². The summed E-state index contributed by atoms with van der Waals surface area (Å²) in [7, 11) is 3.23. The zero-order chi connectivity index (χ0) is 23.5. The zero-order valence-corrected chi connectivity index (χ0v) is 20.0. The number of carbonyl (C=O) groups is 2. The van der Waals surface area contributed by atoms with E-state index in [4.69, 9.17) is 9.47 Å². The van der Waals surface area contributed by atoms with E-state index < -0.39 is 5.97 Å². The second-order valence-electron chi connectivity index (χ2n) is 11.0. The molecule has 1 aliphatic heterocycles. The Kier molecular flexibility index (Phi) is 5.26. The summed E-state index contributed by atoms with van der Waals surface area (Å²) in [5.41, 5.74) is 1.01. The first-order valence-electron chi connectivity index (χ1n) is 12.2. The Bertz CT molecular complexity index is 996. The molecule has 0 saturated heterocycles. The smallest absolute Gasteiger partial charge is 0.307 e. The van der Waals surface area contributed by atoms with Crippen molar-refractivity contribution in [2.24, 2.45) is 34.5 Å². The Morgan fingerprint density at radius 3 is 2.36 bits per heavy atom. The van der Waals surface area contributed by atoms with Crippen LogP contribution in [0.15, 0.2) is 24.3 Å². The minimum absolute atomic E-state index is 0.0776. The molecule has 0 bridgehead atoms. The summed E-state index contributed by atoms with van der Waals surface area (Å²) in [6.45, 7) is 4.51. The van der Waals surface area contributed by atoms with Gasteiger partial charge in [-0.3, -0.25) is 9.59 Å². The second kappa shape index (κ2) is 7.78. The molecular formula is C27H35NO5. The highest BCUT2D eigenvalue weighted by atomic mass is 16.5. The van der Waals surface area contributed by atoms with Gasteiger partial charge in [-0.05, 0) is 73.8 Å². The van der Waals surface area contributed by atoms with Gasteiger partial charge in [-0.15, -0.1) is 0 Å². The van der Waals surface area contributed by atoms with E-state index in [0.717, 1.165) is 38.5 Å². The molecule has 5 rings (SSSR count). The molecule has 0 radical (unpaired) electrons. The second-order valence-corrected chi connectivity index (χ2v) is 11.0. The van der Waals surface area contributed by atoms with Gasteiger partial charge in [-0.1, -0.05) is 26.0 Å². The molecular weight excluding hydrogens is 418 g/mol. The van der Waals surface area contributed by atoms with Crippen molar-refractivity contribution in [1.82, 2.24) is 5.32 Å². The maximum absolute atomic E-state index is 13.3. The number of hydrogen-bond acceptors (Lipinski definition) is 4. The first-order chi connectivity index (χ1) is 15.7. The van der Waals surface area contributed by atoms with Crippen molar-refractivity contribution in [3.8, 4) is 11.5 Å². The minimum atomic E-state index is -0.631. The third-order valence-corrected chi connectivity index (χ3v) is 9.78. The fraction of sp³-hybridized carbons (Fsp3) is 0.630. The molecule has 3 fully saturated rings. The van der Waals surface area contributed by atoms with Gasteiger partial charge >= 0.3 is 5.97 Å². The van der Waals surface area contributed by atoms with E-state index in [9.17, 15) is 14.7 Å². The third-order valence-electron chi connectivity index (χ3n) is 9.78. The molecule has 1 heterocycles. The Balaban J connectivity index is 1.56. The van der Waals surface area contributed by atoms with Crippen LogP contribution in [0, 0.1) is 34.5 Å². The molecule has 178 valence electrons. The fourth-order valence-electron chi connectivity index (χ4n) is 8.15. The number of methoxy groups -OCH3 is 2. The molecule has 0 aromatic heterocycles. The molecule has 6 heteroatoms. The van der Waals surface area contributed by atoms with E-state index in [1.165, 1.54) is 0 Å². The van der Waals surface area contributed by atoms with Crippen LogP contribution in [-0.2, 0) is 9.59 Å². The number of carbonyl (C=O) groups excluding carboxylic acids is 1. The van der Waals surface area contributed by atoms with Crippen LogP contribution in [0.2, 0.25) is 0 Å². The monoisotopic (exact) mass is 453 g/mol. The van der Waals surface area contributed by atoms with Crippen LogP contribution in [0.3, 0.4) is 0 Å². The molecule has 2 N–H and O–H groups in total. The number of amides is 1. The molecule has 33 heavy (non-hydrogen) atoms. The summed E-state index contributed by atoms with van der Waals surface area (Å²) < 4.78 is 11.2. The molecule has 4 aliphatic rings. The first kappa shape index (κ1) is 22.3. The predicted octanol–water partition coefficient (Wildman–Crippen LogP) is 4.53. The SMILES string of the molecule is COc1cccc(OC)c1C1=C[C@@]2(C)[C@@H](CC[C@@H]3[C@@H]2CC[C@]2(C)[C@@H](C(=O)O)CC[C@@H]32)NC1=O. The Morgan fingerprint density at radius 1 is 1.03 bits per heavy atom. The number of rotatable bonds is 4. The van der Waals surface area contributed by atoms with Crippen molar-refractivity contribution in [3.63, 3.8) is 0 Å². The standard InChI is InChI=1S/C27H35NO5/c1-26-13-12-18-15(17(26)9-10-19(26)25(30)31)8-11-22-27(18,2)14-16(24(29)28-22)23-20(32-3)6-5-7-21(23)33-4/h5-7,14-15,17-19,22H,8-13H2,1-4H3,(H,28,29)(H,30,31)/t15-,17-,18-,19+,22+,26-,27+/m0/s1. The number of hydrogen-bond donors (Lipinski definition) is 2. The van der Waals surface area contributed by atoms with Gasteiger partial charge < -0.3 is 19.9 Å². The van der Waals surface area contributed by atoms with E-state index in [1.807, 2.05) is 18.2 Å². The van der Waals surface area contributed by atoms with Gasteiger partial charge in [-0.2, -0.15) is 0 Å². The van der Waals surface area contributed by atoms with Gasteiger partial charge in [0.1, 0.15) is 11.5 Å². The minimum Gasteiger partial charge on any atom is -0.496 e. The lowest BCUT2D eigenvalue weighted by atomic mass is 9.47. The van der Waals surface area contributed by atoms with Gasteiger partial charge in [0.05, 0.1) is 31.3 Å². The molecule has 1 aromatic carbocycles. The van der Waals surface area contributed by atoms with Crippen molar-refractivity contribution >= 4 is 17.4 Å². The van der Waals surface area contributed by atoms with Crippen molar-refractivity contribution < 1.29 is 24.2 Å². The fourth-order valence-corrected chi connectivity index (χ4v) is 8.15. The first-order valence-corrected chi connectivity index (χ1v) is 12.2. The Hall–Kier alpha value is -2.50. The van der Waals surface area contributed by atoms with E-state index in [-0.39, 0.29) is 28.7 Å². The topological polar surface area (TPSA) is 84.9 Å². The van der Waals surface area contributed by atoms with Gasteiger partial charge in [0.2, 0.25) is 0 Å². The van der Waals surface area contributed by atoms with Crippen LogP contribution < -0.4 is 14.8 Å². The molecule has 0 unspecified atom stereocenters. The highest BCUT2D eigenvalue weighted by Gasteiger charge is 2.61. The van der Waals surface area contributed by atoms with Crippen molar-refractivity contribution in [2.45, 2.75) is 58.4 Å². The van der Waals surface area contributed by atoms with E-state index in [1.54, 1.807) is 14.2 Å². The average Bonchev–Trinajstić information content (AvgIpc) is 3.16. The quantitative estimate of drug-likeness (QED) is 0.700. The number of carboxylic acids is 1. The van der Waals surface area contributed by atoms with Crippen molar-refractivity contribution in [2.75, 3.05) is 14.2 Å².